The number of benzene rings is 4. The molecule has 8 rings (SSSR count). The minimum absolute atomic E-state index is 0. The molecule has 4 heterocycles. The Morgan fingerprint density at radius 3 is 2.06 bits per heavy atom. The second kappa shape index (κ2) is 16.2. The quantitative estimate of drug-likeness (QED) is 0.156. The summed E-state index contributed by atoms with van der Waals surface area (Å²) >= 11 is 0. The SMILES string of the molecule is Cc1c[c-]c(-c2cc(C)c(C)cn2)cc1.Cc1cc(C)c(-c2cc(-c3[c-]ccc4c3oc3nc(CCc5ccccc5)ccc34)ncc2C)c(C)c1.[Ir]. The second-order valence-corrected chi connectivity index (χ2v) is 13.9. The van der Waals surface area contributed by atoms with Gasteiger partial charge in [-0.2, -0.15) is 0 Å². The standard InChI is InChI=1S/C34H29N2O.C14H14N.Ir/c1-21-17-22(2)32(23(3)18-21)30-19-31(35-20-24(30)4)29-12-8-11-27-28-16-15-26(36-34(28)37-33(27)29)14-13-25-9-6-5-7-10-25;1-10-4-6-13(7-5-10)14-8-11(2)12(3)9-15-14;/h5-11,15-20H,13-14H2,1-4H3;4-6,8-9H,1-3H3;/q2*-1;. The topological polar surface area (TPSA) is 51.8 Å². The van der Waals surface area contributed by atoms with Gasteiger partial charge in [-0.05, 0) is 117 Å². The number of nitrogens with zero attached hydrogens (tertiary/aromatic N) is 3. The largest absolute Gasteiger partial charge is 0.486 e. The molecule has 8 aromatic rings. The summed E-state index contributed by atoms with van der Waals surface area (Å²) in [5.41, 5.74) is 18.7. The Balaban J connectivity index is 0.000000252. The van der Waals surface area contributed by atoms with Gasteiger partial charge in [0, 0.05) is 43.6 Å². The third-order valence-electron chi connectivity index (χ3n) is 9.79. The molecular formula is C48H43IrN3O-2. The number of rotatable bonds is 6. The molecule has 267 valence electrons. The van der Waals surface area contributed by atoms with Crippen LogP contribution in [0.3, 0.4) is 0 Å². The van der Waals surface area contributed by atoms with Crippen LogP contribution in [0.4, 0.5) is 0 Å². The van der Waals surface area contributed by atoms with E-state index in [4.69, 9.17) is 14.4 Å². The smallest absolute Gasteiger partial charge is 0.216 e. The molecule has 0 atom stereocenters. The van der Waals surface area contributed by atoms with Crippen LogP contribution in [0, 0.1) is 60.6 Å². The number of hydrogen-bond acceptors (Lipinski definition) is 4. The summed E-state index contributed by atoms with van der Waals surface area (Å²) < 4.78 is 6.39. The van der Waals surface area contributed by atoms with Crippen LogP contribution in [0.25, 0.3) is 55.7 Å². The monoisotopic (exact) mass is 870 g/mol. The molecule has 0 aliphatic carbocycles. The third-order valence-corrected chi connectivity index (χ3v) is 9.79. The second-order valence-electron chi connectivity index (χ2n) is 13.9. The van der Waals surface area contributed by atoms with Gasteiger partial charge in [-0.25, -0.2) is 4.98 Å². The van der Waals surface area contributed by atoms with E-state index in [0.29, 0.717) is 5.71 Å². The van der Waals surface area contributed by atoms with Crippen molar-refractivity contribution in [3.8, 4) is 33.6 Å². The zero-order valence-electron chi connectivity index (χ0n) is 31.4. The molecule has 0 saturated heterocycles. The molecule has 0 aliphatic rings. The maximum Gasteiger partial charge on any atom is 0.216 e. The van der Waals surface area contributed by atoms with Crippen molar-refractivity contribution in [3.63, 3.8) is 0 Å². The van der Waals surface area contributed by atoms with Crippen LogP contribution in [0.2, 0.25) is 0 Å². The maximum atomic E-state index is 6.39. The molecule has 0 N–H and O–H groups in total. The summed E-state index contributed by atoms with van der Waals surface area (Å²) in [6, 6.07) is 40.3. The number of furan rings is 1. The first kappa shape index (κ1) is 37.5. The van der Waals surface area contributed by atoms with Crippen LogP contribution in [0.5, 0.6) is 0 Å². The Bertz CT molecular complexity index is 2510. The Hall–Kier alpha value is -5.22. The predicted molar refractivity (Wildman–Crippen MR) is 215 cm³/mol. The molecule has 0 amide bonds. The van der Waals surface area contributed by atoms with Gasteiger partial charge in [0.05, 0.1) is 5.58 Å². The fraction of sp³-hybridized carbons (Fsp3) is 0.188. The summed E-state index contributed by atoms with van der Waals surface area (Å²) in [5.74, 6) is 0. The van der Waals surface area contributed by atoms with Crippen LogP contribution in [0.15, 0.2) is 114 Å². The van der Waals surface area contributed by atoms with Gasteiger partial charge in [0.15, 0.2) is 0 Å². The van der Waals surface area contributed by atoms with Gasteiger partial charge in [0.2, 0.25) is 5.71 Å². The van der Waals surface area contributed by atoms with Gasteiger partial charge in [-0.15, -0.1) is 53.6 Å². The Morgan fingerprint density at radius 2 is 1.34 bits per heavy atom. The number of hydrogen-bond donors (Lipinski definition) is 0. The van der Waals surface area contributed by atoms with E-state index in [-0.39, 0.29) is 20.1 Å². The minimum Gasteiger partial charge on any atom is -0.486 e. The predicted octanol–water partition coefficient (Wildman–Crippen LogP) is 12.0. The van der Waals surface area contributed by atoms with Crippen LogP contribution in [-0.2, 0) is 32.9 Å². The molecule has 5 heteroatoms. The van der Waals surface area contributed by atoms with Gasteiger partial charge in [0.25, 0.3) is 0 Å². The fourth-order valence-electron chi connectivity index (χ4n) is 6.88. The number of fused-ring (bicyclic) bond motifs is 3. The van der Waals surface area contributed by atoms with Crippen LogP contribution >= 0.6 is 0 Å². The first-order valence-electron chi connectivity index (χ1n) is 17.9. The molecule has 0 saturated carbocycles. The molecule has 0 spiro atoms. The molecule has 1 radical (unpaired) electrons. The zero-order chi connectivity index (χ0) is 36.4. The molecule has 0 bridgehead atoms. The van der Waals surface area contributed by atoms with Gasteiger partial charge < -0.3 is 14.4 Å². The van der Waals surface area contributed by atoms with Gasteiger partial charge >= 0.3 is 0 Å². The summed E-state index contributed by atoms with van der Waals surface area (Å²) in [5, 5.41) is 2.06. The van der Waals surface area contributed by atoms with Gasteiger partial charge in [-0.1, -0.05) is 83.6 Å². The maximum absolute atomic E-state index is 6.39. The van der Waals surface area contributed by atoms with Crippen LogP contribution < -0.4 is 0 Å². The molecule has 0 aliphatic heterocycles. The first-order valence-corrected chi connectivity index (χ1v) is 17.9. The van der Waals surface area contributed by atoms with Crippen molar-refractivity contribution in [1.29, 1.82) is 0 Å². The first-order chi connectivity index (χ1) is 25.1. The van der Waals surface area contributed by atoms with E-state index in [1.165, 1.54) is 50.1 Å². The third kappa shape index (κ3) is 8.23. The van der Waals surface area contributed by atoms with Gasteiger partial charge in [0.1, 0.15) is 0 Å². The van der Waals surface area contributed by atoms with Crippen molar-refractivity contribution < 1.29 is 24.5 Å². The van der Waals surface area contributed by atoms with Crippen molar-refractivity contribution in [2.24, 2.45) is 0 Å². The van der Waals surface area contributed by atoms with E-state index < -0.39 is 0 Å². The van der Waals surface area contributed by atoms with Crippen molar-refractivity contribution in [1.82, 2.24) is 15.0 Å². The van der Waals surface area contributed by atoms with Crippen LogP contribution in [-0.4, -0.2) is 15.0 Å². The Labute approximate surface area is 326 Å². The van der Waals surface area contributed by atoms with E-state index >= 15 is 0 Å². The van der Waals surface area contributed by atoms with Crippen molar-refractivity contribution in [2.75, 3.05) is 0 Å². The molecule has 4 nitrogen and oxygen atoms in total. The molecule has 53 heavy (non-hydrogen) atoms. The van der Waals surface area contributed by atoms with Crippen molar-refractivity contribution in [2.45, 2.75) is 61.3 Å². The van der Waals surface area contributed by atoms with E-state index in [1.54, 1.807) is 0 Å². The summed E-state index contributed by atoms with van der Waals surface area (Å²) in [6.07, 6.45) is 5.69. The summed E-state index contributed by atoms with van der Waals surface area (Å²) in [6.45, 7) is 14.9. The van der Waals surface area contributed by atoms with Gasteiger partial charge in [-0.3, -0.25) is 0 Å². The Morgan fingerprint density at radius 1 is 0.604 bits per heavy atom. The number of aryl methyl sites for hydroxylation is 9. The average molecular weight is 870 g/mol. The van der Waals surface area contributed by atoms with Crippen LogP contribution in [0.1, 0.15) is 50.2 Å². The molecule has 4 aromatic heterocycles. The minimum atomic E-state index is 0. The molecule has 0 fully saturated rings. The van der Waals surface area contributed by atoms with E-state index in [0.717, 1.165) is 63.0 Å². The summed E-state index contributed by atoms with van der Waals surface area (Å²) in [4.78, 5) is 14.1. The number of aromatic nitrogens is 3. The molecular weight excluding hydrogens is 827 g/mol. The average Bonchev–Trinajstić information content (AvgIpc) is 3.51. The Kier molecular flexibility index (Phi) is 11.5. The van der Waals surface area contributed by atoms with Crippen molar-refractivity contribution in [3.05, 3.63) is 172 Å². The summed E-state index contributed by atoms with van der Waals surface area (Å²) in [7, 11) is 0. The van der Waals surface area contributed by atoms with E-state index in [2.05, 4.69) is 144 Å². The normalized spacial score (nSPS) is 10.9. The van der Waals surface area contributed by atoms with Crippen molar-refractivity contribution >= 4 is 22.1 Å². The van der Waals surface area contributed by atoms with E-state index in [9.17, 15) is 0 Å². The number of pyridine rings is 3. The molecule has 0 unspecified atom stereocenters. The molecule has 4 aromatic carbocycles. The zero-order valence-corrected chi connectivity index (χ0v) is 33.8. The van der Waals surface area contributed by atoms with E-state index in [1.807, 2.05) is 30.6 Å². The fourth-order valence-corrected chi connectivity index (χ4v) is 6.88.